The minimum Gasteiger partial charge on any atom is -0.543 e. The maximum atomic E-state index is 13.5. The van der Waals surface area contributed by atoms with Crippen molar-refractivity contribution in [2.45, 2.75) is 45.8 Å². The molecular weight excluding hydrogens is 263 g/mol. The second-order valence-electron chi connectivity index (χ2n) is 6.27. The molecule has 0 atom stereocenters. The monoisotopic (exact) mass is 284 g/mol. The molecule has 0 radical (unpaired) electrons. The molecule has 5 heteroatoms. The van der Waals surface area contributed by atoms with Crippen molar-refractivity contribution in [3.63, 3.8) is 0 Å². The summed E-state index contributed by atoms with van der Waals surface area (Å²) in [4.78, 5) is 11.2. The first-order valence-corrected chi connectivity index (χ1v) is 9.09. The van der Waals surface area contributed by atoms with Gasteiger partial charge >= 0.3 is 5.97 Å². The molecule has 0 aliphatic heterocycles. The van der Waals surface area contributed by atoms with Gasteiger partial charge in [-0.2, -0.15) is 0 Å². The number of aryl methyl sites for hydroxylation is 1. The topological polar surface area (TPSA) is 46.5 Å². The molecular formula is C14H21FO3Si. The Hall–Kier alpha value is -1.36. The minimum absolute atomic E-state index is 0.0505. The summed E-state index contributed by atoms with van der Waals surface area (Å²) in [5.41, 5.74) is 0.270. The molecule has 0 aliphatic rings. The largest absolute Gasteiger partial charge is 0.543 e. The van der Waals surface area contributed by atoms with Gasteiger partial charge < -0.3 is 9.53 Å². The van der Waals surface area contributed by atoms with Gasteiger partial charge in [0.25, 0.3) is 8.32 Å². The number of rotatable bonds is 3. The van der Waals surface area contributed by atoms with E-state index in [-0.39, 0.29) is 16.4 Å². The second kappa shape index (κ2) is 4.96. The van der Waals surface area contributed by atoms with Crippen molar-refractivity contribution in [3.8, 4) is 5.75 Å². The predicted molar refractivity (Wildman–Crippen MR) is 75.9 cm³/mol. The standard InChI is InChI=1S/C14H21FO3Si/c1-9-7-12(10(13(16)17)8-11(9)15)18-19(5,6)14(2,3)4/h7-8H,1-6H3,(H,16,17). The van der Waals surface area contributed by atoms with Gasteiger partial charge in [0.2, 0.25) is 0 Å². The zero-order chi connectivity index (χ0) is 15.0. The average molecular weight is 284 g/mol. The van der Waals surface area contributed by atoms with E-state index in [1.807, 2.05) is 13.1 Å². The molecule has 3 nitrogen and oxygen atoms in total. The van der Waals surface area contributed by atoms with E-state index in [2.05, 4.69) is 20.8 Å². The summed E-state index contributed by atoms with van der Waals surface area (Å²) in [5.74, 6) is -1.44. The Labute approximate surface area is 114 Å². The van der Waals surface area contributed by atoms with Crippen molar-refractivity contribution in [2.75, 3.05) is 0 Å². The Balaban J connectivity index is 3.28. The lowest BCUT2D eigenvalue weighted by atomic mass is 10.1. The first kappa shape index (κ1) is 15.7. The van der Waals surface area contributed by atoms with Gasteiger partial charge in [0.05, 0.1) is 0 Å². The molecule has 0 fully saturated rings. The zero-order valence-electron chi connectivity index (χ0n) is 12.3. The van der Waals surface area contributed by atoms with Crippen LogP contribution in [-0.2, 0) is 0 Å². The Morgan fingerprint density at radius 2 is 1.84 bits per heavy atom. The molecule has 0 amide bonds. The highest BCUT2D eigenvalue weighted by Gasteiger charge is 2.39. The third-order valence-corrected chi connectivity index (χ3v) is 8.01. The highest BCUT2D eigenvalue weighted by atomic mass is 28.4. The Morgan fingerprint density at radius 3 is 2.26 bits per heavy atom. The van der Waals surface area contributed by atoms with Crippen LogP contribution in [0.25, 0.3) is 0 Å². The summed E-state index contributed by atoms with van der Waals surface area (Å²) in [5, 5.41) is 9.10. The van der Waals surface area contributed by atoms with Crippen LogP contribution in [0.5, 0.6) is 5.75 Å². The van der Waals surface area contributed by atoms with E-state index in [1.165, 1.54) is 6.07 Å². The van der Waals surface area contributed by atoms with Crippen LogP contribution in [0, 0.1) is 12.7 Å². The number of halogens is 1. The summed E-state index contributed by atoms with van der Waals surface area (Å²) in [6, 6.07) is 2.50. The van der Waals surface area contributed by atoms with Crippen LogP contribution < -0.4 is 4.43 Å². The van der Waals surface area contributed by atoms with Gasteiger partial charge in [-0.3, -0.25) is 0 Å². The van der Waals surface area contributed by atoms with E-state index in [1.54, 1.807) is 6.92 Å². The summed E-state index contributed by atoms with van der Waals surface area (Å²) in [6.45, 7) is 11.8. The van der Waals surface area contributed by atoms with E-state index in [0.29, 0.717) is 5.56 Å². The van der Waals surface area contributed by atoms with Crippen molar-refractivity contribution in [1.29, 1.82) is 0 Å². The molecule has 0 aromatic heterocycles. The summed E-state index contributed by atoms with van der Waals surface area (Å²) in [6.07, 6.45) is 0. The van der Waals surface area contributed by atoms with E-state index < -0.39 is 20.1 Å². The number of hydrogen-bond acceptors (Lipinski definition) is 2. The van der Waals surface area contributed by atoms with E-state index in [0.717, 1.165) is 6.07 Å². The van der Waals surface area contributed by atoms with Gasteiger partial charge in [-0.1, -0.05) is 20.8 Å². The number of carbonyl (C=O) groups is 1. The number of hydrogen-bond donors (Lipinski definition) is 1. The Morgan fingerprint density at radius 1 is 1.32 bits per heavy atom. The van der Waals surface area contributed by atoms with Crippen molar-refractivity contribution in [1.82, 2.24) is 0 Å². The highest BCUT2D eigenvalue weighted by Crippen LogP contribution is 2.38. The summed E-state index contributed by atoms with van der Waals surface area (Å²) < 4.78 is 19.5. The molecule has 0 spiro atoms. The van der Waals surface area contributed by atoms with Gasteiger partial charge in [0.15, 0.2) is 0 Å². The van der Waals surface area contributed by atoms with Gasteiger partial charge in [-0.25, -0.2) is 9.18 Å². The maximum absolute atomic E-state index is 13.5. The van der Waals surface area contributed by atoms with Crippen LogP contribution in [0.4, 0.5) is 4.39 Å². The van der Waals surface area contributed by atoms with Gasteiger partial charge in [0.1, 0.15) is 17.1 Å². The van der Waals surface area contributed by atoms with Crippen LogP contribution in [0.2, 0.25) is 18.1 Å². The molecule has 0 saturated heterocycles. The normalized spacial score (nSPS) is 12.4. The molecule has 0 bridgehead atoms. The van der Waals surface area contributed by atoms with Crippen molar-refractivity contribution in [2.24, 2.45) is 0 Å². The number of carboxylic acids is 1. The third-order valence-electron chi connectivity index (χ3n) is 3.66. The molecule has 1 N–H and O–H groups in total. The number of aromatic carboxylic acids is 1. The number of carboxylic acid groups (broad SMARTS) is 1. The van der Waals surface area contributed by atoms with Gasteiger partial charge in [0, 0.05) is 0 Å². The van der Waals surface area contributed by atoms with Crippen LogP contribution in [0.1, 0.15) is 36.7 Å². The highest BCUT2D eigenvalue weighted by molar-refractivity contribution is 6.74. The quantitative estimate of drug-likeness (QED) is 0.845. The number of benzene rings is 1. The van der Waals surface area contributed by atoms with Gasteiger partial charge in [-0.15, -0.1) is 0 Å². The van der Waals surface area contributed by atoms with Crippen LogP contribution in [-0.4, -0.2) is 19.4 Å². The first-order valence-electron chi connectivity index (χ1n) is 6.18. The SMILES string of the molecule is Cc1cc(O[Si](C)(C)C(C)(C)C)c(C(=O)O)cc1F. The lowest BCUT2D eigenvalue weighted by Crippen LogP contribution is -2.44. The fourth-order valence-corrected chi connectivity index (χ4v) is 2.36. The molecule has 19 heavy (non-hydrogen) atoms. The molecule has 1 rings (SSSR count). The Kier molecular flexibility index (Phi) is 4.10. The molecule has 106 valence electrons. The third kappa shape index (κ3) is 3.35. The molecule has 0 aliphatic carbocycles. The van der Waals surface area contributed by atoms with Crippen molar-refractivity contribution < 1.29 is 18.7 Å². The molecule has 0 heterocycles. The molecule has 0 unspecified atom stereocenters. The second-order valence-corrected chi connectivity index (χ2v) is 11.0. The summed E-state index contributed by atoms with van der Waals surface area (Å²) >= 11 is 0. The fraction of sp³-hybridized carbons (Fsp3) is 0.500. The predicted octanol–water partition coefficient (Wildman–Crippen LogP) is 4.22. The fourth-order valence-electron chi connectivity index (χ4n) is 1.33. The maximum Gasteiger partial charge on any atom is 0.339 e. The lowest BCUT2D eigenvalue weighted by Gasteiger charge is -2.36. The molecule has 0 saturated carbocycles. The van der Waals surface area contributed by atoms with E-state index >= 15 is 0 Å². The van der Waals surface area contributed by atoms with Crippen molar-refractivity contribution >= 4 is 14.3 Å². The van der Waals surface area contributed by atoms with Crippen LogP contribution >= 0.6 is 0 Å². The zero-order valence-corrected chi connectivity index (χ0v) is 13.3. The lowest BCUT2D eigenvalue weighted by molar-refractivity contribution is 0.0694. The average Bonchev–Trinajstić information content (AvgIpc) is 2.20. The van der Waals surface area contributed by atoms with Crippen LogP contribution in [0.3, 0.4) is 0 Å². The smallest absolute Gasteiger partial charge is 0.339 e. The minimum atomic E-state index is -2.15. The summed E-state index contributed by atoms with van der Waals surface area (Å²) in [7, 11) is -2.15. The van der Waals surface area contributed by atoms with E-state index in [4.69, 9.17) is 9.53 Å². The van der Waals surface area contributed by atoms with E-state index in [9.17, 15) is 9.18 Å². The molecule has 1 aromatic rings. The molecule has 1 aromatic carbocycles. The van der Waals surface area contributed by atoms with Gasteiger partial charge in [-0.05, 0) is 42.8 Å². The van der Waals surface area contributed by atoms with Crippen molar-refractivity contribution in [3.05, 3.63) is 29.1 Å². The van der Waals surface area contributed by atoms with Crippen LogP contribution in [0.15, 0.2) is 12.1 Å². The first-order chi connectivity index (χ1) is 8.45. The Bertz CT molecular complexity index is 504.